The van der Waals surface area contributed by atoms with Gasteiger partial charge in [0, 0.05) is 12.3 Å². The fourth-order valence-electron chi connectivity index (χ4n) is 0.982. The number of ether oxygens (including phenoxy) is 1. The van der Waals surface area contributed by atoms with Crippen LogP contribution >= 0.6 is 15.9 Å². The van der Waals surface area contributed by atoms with Crippen molar-refractivity contribution in [3.05, 3.63) is 29.3 Å². The van der Waals surface area contributed by atoms with Gasteiger partial charge in [0.25, 0.3) is 0 Å². The molecule has 3 nitrogen and oxygen atoms in total. The highest BCUT2D eigenvalue weighted by atomic mass is 79.9. The summed E-state index contributed by atoms with van der Waals surface area (Å²) in [7, 11) is 0. The molecule has 0 bridgehead atoms. The number of nitrogens with zero attached hydrogens (tertiary/aromatic N) is 1. The molecular formula is C10H8BrNO2. The van der Waals surface area contributed by atoms with Gasteiger partial charge in [0.1, 0.15) is 11.8 Å². The van der Waals surface area contributed by atoms with Crippen molar-refractivity contribution in [2.45, 2.75) is 12.3 Å². The van der Waals surface area contributed by atoms with Gasteiger partial charge in [0.05, 0.1) is 5.56 Å². The smallest absolute Gasteiger partial charge is 0.308 e. The molecule has 0 spiro atoms. The second-order valence-corrected chi connectivity index (χ2v) is 3.23. The van der Waals surface area contributed by atoms with Crippen LogP contribution in [0, 0.1) is 11.3 Å². The molecule has 0 saturated carbocycles. The first-order valence-electron chi connectivity index (χ1n) is 3.94. The molecule has 0 fully saturated rings. The first-order chi connectivity index (χ1) is 6.67. The number of halogens is 1. The van der Waals surface area contributed by atoms with E-state index in [-0.39, 0.29) is 0 Å². The zero-order valence-corrected chi connectivity index (χ0v) is 9.17. The Kier molecular flexibility index (Phi) is 3.66. The molecule has 0 unspecified atom stereocenters. The van der Waals surface area contributed by atoms with Crippen molar-refractivity contribution in [2.24, 2.45) is 0 Å². The molecule has 1 aromatic rings. The maximum atomic E-state index is 10.7. The summed E-state index contributed by atoms with van der Waals surface area (Å²) in [5, 5.41) is 9.40. The molecule has 0 saturated heterocycles. The maximum absolute atomic E-state index is 10.7. The molecule has 0 N–H and O–H groups in total. The Balaban J connectivity index is 3.09. The molecule has 0 aliphatic heterocycles. The van der Waals surface area contributed by atoms with Crippen LogP contribution in [-0.2, 0) is 10.1 Å². The lowest BCUT2D eigenvalue weighted by atomic mass is 10.1. The quantitative estimate of drug-likeness (QED) is 0.462. The van der Waals surface area contributed by atoms with Gasteiger partial charge in [-0.05, 0) is 17.7 Å². The molecule has 0 aliphatic carbocycles. The van der Waals surface area contributed by atoms with Crippen molar-refractivity contribution in [2.75, 3.05) is 0 Å². The molecule has 1 rings (SSSR count). The van der Waals surface area contributed by atoms with E-state index in [0.29, 0.717) is 16.6 Å². The van der Waals surface area contributed by atoms with Gasteiger partial charge in [0.2, 0.25) is 0 Å². The summed E-state index contributed by atoms with van der Waals surface area (Å²) in [4.78, 5) is 10.7. The van der Waals surface area contributed by atoms with E-state index >= 15 is 0 Å². The van der Waals surface area contributed by atoms with Crippen LogP contribution in [0.2, 0.25) is 0 Å². The molecule has 0 radical (unpaired) electrons. The van der Waals surface area contributed by atoms with Gasteiger partial charge in [0.15, 0.2) is 0 Å². The van der Waals surface area contributed by atoms with Gasteiger partial charge in [-0.2, -0.15) is 5.26 Å². The Morgan fingerprint density at radius 3 is 2.86 bits per heavy atom. The van der Waals surface area contributed by atoms with Gasteiger partial charge in [-0.25, -0.2) is 0 Å². The van der Waals surface area contributed by atoms with Crippen LogP contribution in [0.4, 0.5) is 0 Å². The third-order valence-corrected chi connectivity index (χ3v) is 2.22. The molecule has 0 amide bonds. The predicted octanol–water partition coefficient (Wildman–Crippen LogP) is 2.38. The monoisotopic (exact) mass is 253 g/mol. The molecule has 0 atom stereocenters. The fourth-order valence-corrected chi connectivity index (χ4v) is 1.33. The van der Waals surface area contributed by atoms with E-state index in [0.717, 1.165) is 5.56 Å². The van der Waals surface area contributed by atoms with Crippen molar-refractivity contribution in [3.8, 4) is 11.8 Å². The van der Waals surface area contributed by atoms with Gasteiger partial charge in [-0.3, -0.25) is 4.79 Å². The Morgan fingerprint density at radius 2 is 2.36 bits per heavy atom. The summed E-state index contributed by atoms with van der Waals surface area (Å²) < 4.78 is 4.90. The highest BCUT2D eigenvalue weighted by molar-refractivity contribution is 9.08. The second kappa shape index (κ2) is 4.77. The lowest BCUT2D eigenvalue weighted by Gasteiger charge is -2.04. The fraction of sp³-hybridized carbons (Fsp3) is 0.200. The number of hydrogen-bond acceptors (Lipinski definition) is 3. The summed E-state index contributed by atoms with van der Waals surface area (Å²) in [5.74, 6) is -0.106. The van der Waals surface area contributed by atoms with Crippen LogP contribution in [0.25, 0.3) is 0 Å². The summed E-state index contributed by atoms with van der Waals surface area (Å²) in [6, 6.07) is 7.07. The first kappa shape index (κ1) is 10.7. The topological polar surface area (TPSA) is 50.1 Å². The Bertz CT molecular complexity index is 396. The minimum absolute atomic E-state index is 0.317. The molecule has 72 valence electrons. The number of carbonyl (C=O) groups excluding carboxylic acids is 1. The molecular weight excluding hydrogens is 246 g/mol. The summed E-state index contributed by atoms with van der Waals surface area (Å²) in [5.41, 5.74) is 1.32. The maximum Gasteiger partial charge on any atom is 0.308 e. The highest BCUT2D eigenvalue weighted by Gasteiger charge is 2.06. The zero-order valence-electron chi connectivity index (χ0n) is 7.58. The summed E-state index contributed by atoms with van der Waals surface area (Å²) in [6.07, 6.45) is 0. The minimum atomic E-state index is -0.423. The minimum Gasteiger partial charge on any atom is -0.425 e. The number of alkyl halides is 1. The lowest BCUT2D eigenvalue weighted by Crippen LogP contribution is -2.03. The Hall–Kier alpha value is -1.34. The largest absolute Gasteiger partial charge is 0.425 e. The van der Waals surface area contributed by atoms with Crippen LogP contribution in [0.5, 0.6) is 5.75 Å². The van der Waals surface area contributed by atoms with Gasteiger partial charge in [-0.1, -0.05) is 22.0 Å². The average Bonchev–Trinajstić information content (AvgIpc) is 2.16. The first-order valence-corrected chi connectivity index (χ1v) is 5.07. The van der Waals surface area contributed by atoms with E-state index in [1.54, 1.807) is 18.2 Å². The number of nitriles is 1. The number of benzene rings is 1. The number of rotatable bonds is 2. The SMILES string of the molecule is CC(=O)Oc1cc(CBr)ccc1C#N. The zero-order chi connectivity index (χ0) is 10.6. The third kappa shape index (κ3) is 2.57. The highest BCUT2D eigenvalue weighted by Crippen LogP contribution is 2.21. The molecule has 4 heteroatoms. The van der Waals surface area contributed by atoms with Crippen molar-refractivity contribution >= 4 is 21.9 Å². The second-order valence-electron chi connectivity index (χ2n) is 2.67. The number of esters is 1. The van der Waals surface area contributed by atoms with Gasteiger partial charge in [-0.15, -0.1) is 0 Å². The van der Waals surface area contributed by atoms with Gasteiger partial charge < -0.3 is 4.74 Å². The average molecular weight is 254 g/mol. The normalized spacial score (nSPS) is 9.21. The van der Waals surface area contributed by atoms with Crippen LogP contribution in [0.15, 0.2) is 18.2 Å². The van der Waals surface area contributed by atoms with Crippen molar-refractivity contribution in [1.29, 1.82) is 5.26 Å². The van der Waals surface area contributed by atoms with E-state index in [1.165, 1.54) is 6.92 Å². The van der Waals surface area contributed by atoms with E-state index in [1.807, 2.05) is 6.07 Å². The van der Waals surface area contributed by atoms with Crippen LogP contribution in [0.1, 0.15) is 18.1 Å². The van der Waals surface area contributed by atoms with Crippen LogP contribution < -0.4 is 4.74 Å². The summed E-state index contributed by atoms with van der Waals surface area (Å²) in [6.45, 7) is 1.31. The Labute approximate surface area is 90.4 Å². The van der Waals surface area contributed by atoms with E-state index in [2.05, 4.69) is 15.9 Å². The standard InChI is InChI=1S/C10H8BrNO2/c1-7(13)14-10-4-8(5-11)2-3-9(10)6-12/h2-4H,5H2,1H3. The molecule has 0 heterocycles. The lowest BCUT2D eigenvalue weighted by molar-refractivity contribution is -0.131. The molecule has 1 aromatic carbocycles. The van der Waals surface area contributed by atoms with Crippen molar-refractivity contribution in [3.63, 3.8) is 0 Å². The molecule has 14 heavy (non-hydrogen) atoms. The number of carbonyl (C=O) groups is 1. The van der Waals surface area contributed by atoms with E-state index < -0.39 is 5.97 Å². The van der Waals surface area contributed by atoms with E-state index in [4.69, 9.17) is 10.00 Å². The van der Waals surface area contributed by atoms with Crippen LogP contribution in [0.3, 0.4) is 0 Å². The summed E-state index contributed by atoms with van der Waals surface area (Å²) >= 11 is 3.28. The predicted molar refractivity (Wildman–Crippen MR) is 55.1 cm³/mol. The van der Waals surface area contributed by atoms with Crippen molar-refractivity contribution in [1.82, 2.24) is 0 Å². The van der Waals surface area contributed by atoms with Crippen LogP contribution in [-0.4, -0.2) is 5.97 Å². The van der Waals surface area contributed by atoms with Gasteiger partial charge >= 0.3 is 5.97 Å². The molecule has 0 aliphatic rings. The number of hydrogen-bond donors (Lipinski definition) is 0. The Morgan fingerprint density at radius 1 is 1.64 bits per heavy atom. The van der Waals surface area contributed by atoms with E-state index in [9.17, 15) is 4.79 Å². The third-order valence-electron chi connectivity index (χ3n) is 1.57. The van der Waals surface area contributed by atoms with Crippen molar-refractivity contribution < 1.29 is 9.53 Å². The molecule has 0 aromatic heterocycles.